The number of benzene rings is 2. The van der Waals surface area contributed by atoms with Gasteiger partial charge in [-0.3, -0.25) is 0 Å². The highest BCUT2D eigenvalue weighted by Gasteiger charge is 2.31. The fourth-order valence-electron chi connectivity index (χ4n) is 1.77. The summed E-state index contributed by atoms with van der Waals surface area (Å²) >= 11 is 0. The molecule has 2 aromatic rings. The molecule has 0 aliphatic carbocycles. The van der Waals surface area contributed by atoms with E-state index in [4.69, 9.17) is 5.73 Å². The average Bonchev–Trinajstić information content (AvgIpc) is 2.37. The highest BCUT2D eigenvalue weighted by atomic mass is 19.4. The van der Waals surface area contributed by atoms with Crippen molar-refractivity contribution >= 4 is 0 Å². The predicted octanol–water partition coefficient (Wildman–Crippen LogP) is 3.77. The molecule has 0 amide bonds. The second-order valence-electron chi connectivity index (χ2n) is 4.15. The Bertz CT molecular complexity index is 580. The summed E-state index contributed by atoms with van der Waals surface area (Å²) in [5.41, 5.74) is 7.03. The fraction of sp³-hybridized carbons (Fsp3) is 0.143. The number of halogens is 4. The molecule has 106 valence electrons. The van der Waals surface area contributed by atoms with Gasteiger partial charge in [0.25, 0.3) is 0 Å². The first-order valence-electron chi connectivity index (χ1n) is 5.72. The van der Waals surface area contributed by atoms with Crippen molar-refractivity contribution in [3.05, 3.63) is 65.5 Å². The number of hydrogen-bond donors (Lipinski definition) is 1. The van der Waals surface area contributed by atoms with Crippen molar-refractivity contribution in [1.29, 1.82) is 0 Å². The Morgan fingerprint density at radius 3 is 2.15 bits per heavy atom. The van der Waals surface area contributed by atoms with Crippen molar-refractivity contribution in [3.63, 3.8) is 0 Å². The van der Waals surface area contributed by atoms with Gasteiger partial charge in [-0.2, -0.15) is 0 Å². The summed E-state index contributed by atoms with van der Waals surface area (Å²) in [7, 11) is 0. The molecule has 2 nitrogen and oxygen atoms in total. The van der Waals surface area contributed by atoms with Gasteiger partial charge in [0.2, 0.25) is 0 Å². The van der Waals surface area contributed by atoms with Crippen molar-refractivity contribution in [1.82, 2.24) is 0 Å². The van der Waals surface area contributed by atoms with Gasteiger partial charge in [-0.15, -0.1) is 13.2 Å². The van der Waals surface area contributed by atoms with E-state index in [0.29, 0.717) is 11.1 Å². The SMILES string of the molecule is N[C@@H](c1ccc(OC(F)(F)F)cc1)c1cccc(F)c1. The third-order valence-electron chi connectivity index (χ3n) is 2.68. The third kappa shape index (κ3) is 3.71. The Hall–Kier alpha value is -2.08. The van der Waals surface area contributed by atoms with Crippen LogP contribution in [-0.2, 0) is 0 Å². The summed E-state index contributed by atoms with van der Waals surface area (Å²) < 4.78 is 52.9. The van der Waals surface area contributed by atoms with Crippen molar-refractivity contribution in [2.24, 2.45) is 5.73 Å². The Kier molecular flexibility index (Phi) is 3.94. The largest absolute Gasteiger partial charge is 0.573 e. The van der Waals surface area contributed by atoms with Gasteiger partial charge in [-0.25, -0.2) is 4.39 Å². The summed E-state index contributed by atoms with van der Waals surface area (Å²) in [6.07, 6.45) is -4.73. The van der Waals surface area contributed by atoms with Crippen LogP contribution in [0, 0.1) is 5.82 Å². The van der Waals surface area contributed by atoms with Crippen LogP contribution in [0.1, 0.15) is 17.2 Å². The van der Waals surface area contributed by atoms with Gasteiger partial charge in [0.05, 0.1) is 6.04 Å². The van der Waals surface area contributed by atoms with E-state index in [1.165, 1.54) is 42.5 Å². The van der Waals surface area contributed by atoms with Gasteiger partial charge in [-0.1, -0.05) is 24.3 Å². The third-order valence-corrected chi connectivity index (χ3v) is 2.68. The lowest BCUT2D eigenvalue weighted by Crippen LogP contribution is -2.17. The van der Waals surface area contributed by atoms with Crippen molar-refractivity contribution in [3.8, 4) is 5.75 Å². The fourth-order valence-corrected chi connectivity index (χ4v) is 1.77. The van der Waals surface area contributed by atoms with Crippen molar-refractivity contribution < 1.29 is 22.3 Å². The zero-order valence-corrected chi connectivity index (χ0v) is 10.2. The molecule has 0 radical (unpaired) electrons. The maximum Gasteiger partial charge on any atom is 0.573 e. The molecule has 0 spiro atoms. The monoisotopic (exact) mass is 285 g/mol. The molecule has 0 bridgehead atoms. The molecule has 0 fully saturated rings. The van der Waals surface area contributed by atoms with Crippen LogP contribution in [0.2, 0.25) is 0 Å². The molecular weight excluding hydrogens is 274 g/mol. The Balaban J connectivity index is 2.17. The lowest BCUT2D eigenvalue weighted by molar-refractivity contribution is -0.274. The smallest absolute Gasteiger partial charge is 0.406 e. The minimum Gasteiger partial charge on any atom is -0.406 e. The summed E-state index contributed by atoms with van der Waals surface area (Å²) in [4.78, 5) is 0. The van der Waals surface area contributed by atoms with E-state index in [1.54, 1.807) is 6.07 Å². The molecule has 1 atom stereocenters. The Morgan fingerprint density at radius 1 is 0.950 bits per heavy atom. The first kappa shape index (κ1) is 14.3. The number of alkyl halides is 3. The summed E-state index contributed by atoms with van der Waals surface area (Å²) in [5.74, 6) is -0.748. The van der Waals surface area contributed by atoms with Gasteiger partial charge in [0.15, 0.2) is 0 Å². The van der Waals surface area contributed by atoms with E-state index in [1.807, 2.05) is 0 Å². The molecule has 0 saturated carbocycles. The number of ether oxygens (including phenoxy) is 1. The molecule has 2 rings (SSSR count). The van der Waals surface area contributed by atoms with E-state index in [0.717, 1.165) is 0 Å². The van der Waals surface area contributed by atoms with Gasteiger partial charge in [0, 0.05) is 0 Å². The van der Waals surface area contributed by atoms with Gasteiger partial charge < -0.3 is 10.5 Å². The summed E-state index contributed by atoms with van der Waals surface area (Å²) in [6.45, 7) is 0. The second kappa shape index (κ2) is 5.50. The predicted molar refractivity (Wildman–Crippen MR) is 65.6 cm³/mol. The Labute approximate surface area is 112 Å². The van der Waals surface area contributed by atoms with E-state index < -0.39 is 18.2 Å². The van der Waals surface area contributed by atoms with Gasteiger partial charge in [0.1, 0.15) is 11.6 Å². The molecule has 0 unspecified atom stereocenters. The molecular formula is C14H11F4NO. The van der Waals surface area contributed by atoms with Gasteiger partial charge in [-0.05, 0) is 35.4 Å². The normalized spacial score (nSPS) is 13.1. The second-order valence-corrected chi connectivity index (χ2v) is 4.15. The maximum absolute atomic E-state index is 13.1. The van der Waals surface area contributed by atoms with Crippen LogP contribution >= 0.6 is 0 Å². The molecule has 0 aliphatic heterocycles. The number of nitrogens with two attached hydrogens (primary N) is 1. The van der Waals surface area contributed by atoms with Crippen LogP contribution in [0.5, 0.6) is 5.75 Å². The van der Waals surface area contributed by atoms with Gasteiger partial charge >= 0.3 is 6.36 Å². The summed E-state index contributed by atoms with van der Waals surface area (Å²) in [6, 6.07) is 10.3. The zero-order valence-electron chi connectivity index (χ0n) is 10.2. The highest BCUT2D eigenvalue weighted by molar-refractivity contribution is 5.35. The Morgan fingerprint density at radius 2 is 1.60 bits per heavy atom. The molecule has 0 saturated heterocycles. The summed E-state index contributed by atoms with van der Waals surface area (Å²) in [5, 5.41) is 0. The topological polar surface area (TPSA) is 35.2 Å². The molecule has 2 aromatic carbocycles. The lowest BCUT2D eigenvalue weighted by Gasteiger charge is -2.14. The number of hydrogen-bond acceptors (Lipinski definition) is 2. The van der Waals surface area contributed by atoms with Crippen LogP contribution in [0.3, 0.4) is 0 Å². The van der Waals surface area contributed by atoms with Crippen LogP contribution in [0.25, 0.3) is 0 Å². The standard InChI is InChI=1S/C14H11F4NO/c15-11-3-1-2-10(8-11)13(19)9-4-6-12(7-5-9)20-14(16,17)18/h1-8,13H,19H2/t13-/m0/s1. The molecule has 6 heteroatoms. The zero-order chi connectivity index (χ0) is 14.8. The van der Waals surface area contributed by atoms with E-state index in [-0.39, 0.29) is 5.75 Å². The van der Waals surface area contributed by atoms with E-state index in [2.05, 4.69) is 4.74 Å². The van der Waals surface area contributed by atoms with Crippen LogP contribution in [-0.4, -0.2) is 6.36 Å². The number of rotatable bonds is 3. The lowest BCUT2D eigenvalue weighted by atomic mass is 9.99. The van der Waals surface area contributed by atoms with Crippen molar-refractivity contribution in [2.45, 2.75) is 12.4 Å². The minimum absolute atomic E-state index is 0.326. The first-order chi connectivity index (χ1) is 9.35. The maximum atomic E-state index is 13.1. The van der Waals surface area contributed by atoms with E-state index in [9.17, 15) is 17.6 Å². The van der Waals surface area contributed by atoms with Crippen LogP contribution in [0.15, 0.2) is 48.5 Å². The minimum atomic E-state index is -4.73. The highest BCUT2D eigenvalue weighted by Crippen LogP contribution is 2.26. The first-order valence-corrected chi connectivity index (χ1v) is 5.72. The molecule has 0 aliphatic rings. The average molecular weight is 285 g/mol. The molecule has 20 heavy (non-hydrogen) atoms. The molecule has 0 heterocycles. The van der Waals surface area contributed by atoms with E-state index >= 15 is 0 Å². The van der Waals surface area contributed by atoms with Crippen molar-refractivity contribution in [2.75, 3.05) is 0 Å². The van der Waals surface area contributed by atoms with Crippen LogP contribution in [0.4, 0.5) is 17.6 Å². The van der Waals surface area contributed by atoms with Crippen LogP contribution < -0.4 is 10.5 Å². The quantitative estimate of drug-likeness (QED) is 0.871. The molecule has 0 aromatic heterocycles. The molecule has 2 N–H and O–H groups in total.